The Morgan fingerprint density at radius 1 is 1.29 bits per heavy atom. The molecule has 1 aliphatic heterocycles. The minimum atomic E-state index is -4.19. The topological polar surface area (TPSA) is 141 Å². The number of hydrogen-bond acceptors (Lipinski definition) is 8. The lowest BCUT2D eigenvalue weighted by Gasteiger charge is -2.35. The summed E-state index contributed by atoms with van der Waals surface area (Å²) in [5.41, 5.74) is 0.0843. The number of anilines is 2. The number of ether oxygens (including phenoxy) is 3. The normalized spacial score (nSPS) is 15.6. The van der Waals surface area contributed by atoms with Gasteiger partial charge in [-0.05, 0) is 45.9 Å². The van der Waals surface area contributed by atoms with Gasteiger partial charge in [0, 0.05) is 19.7 Å². The lowest BCUT2D eigenvalue weighted by atomic mass is 10.2. The van der Waals surface area contributed by atoms with Crippen LogP contribution in [0.25, 0.3) is 0 Å². The van der Waals surface area contributed by atoms with Gasteiger partial charge in [0.2, 0.25) is 11.8 Å². The third-order valence-corrected chi connectivity index (χ3v) is 6.88. The van der Waals surface area contributed by atoms with E-state index in [0.29, 0.717) is 5.69 Å². The van der Waals surface area contributed by atoms with Crippen molar-refractivity contribution in [2.24, 2.45) is 7.05 Å². The van der Waals surface area contributed by atoms with E-state index in [1.807, 2.05) is 0 Å². The van der Waals surface area contributed by atoms with E-state index in [9.17, 15) is 18.0 Å². The maximum Gasteiger partial charge on any atom is 0.412 e. The van der Waals surface area contributed by atoms with Crippen LogP contribution >= 0.6 is 0 Å². The first-order valence-corrected chi connectivity index (χ1v) is 12.3. The van der Waals surface area contributed by atoms with Gasteiger partial charge in [-0.2, -0.15) is 5.10 Å². The molecule has 1 aliphatic rings. The van der Waals surface area contributed by atoms with E-state index < -0.39 is 27.8 Å². The van der Waals surface area contributed by atoms with Crippen molar-refractivity contribution in [3.05, 3.63) is 23.9 Å². The highest BCUT2D eigenvalue weighted by Gasteiger charge is 2.39. The van der Waals surface area contributed by atoms with Crippen LogP contribution in [0.5, 0.6) is 11.6 Å². The van der Waals surface area contributed by atoms with Crippen LogP contribution in [0, 0.1) is 6.92 Å². The Hall–Kier alpha value is -3.48. The van der Waals surface area contributed by atoms with Crippen molar-refractivity contribution >= 4 is 33.4 Å². The standard InChI is InChI=1S/C22H31N5O7S/c1-13-19(20(32-7)26(6)25-13)35(30,31)27-12-16(11-23-14(2)28)33-18-9-8-15(10-17(18)27)24-21(29)34-22(3,4)5/h8-10,16H,11-12H2,1-7H3,(H,23,28)(H,24,29). The molecular weight excluding hydrogens is 478 g/mol. The van der Waals surface area contributed by atoms with Crippen LogP contribution in [0.4, 0.5) is 16.2 Å². The Morgan fingerprint density at radius 2 is 1.97 bits per heavy atom. The van der Waals surface area contributed by atoms with Crippen molar-refractivity contribution in [1.29, 1.82) is 0 Å². The first-order chi connectivity index (χ1) is 16.2. The molecule has 1 aromatic carbocycles. The van der Waals surface area contributed by atoms with Crippen LogP contribution in [0.15, 0.2) is 23.1 Å². The molecule has 3 rings (SSSR count). The molecule has 2 aromatic rings. The molecule has 0 spiro atoms. The van der Waals surface area contributed by atoms with Gasteiger partial charge in [-0.25, -0.2) is 17.9 Å². The van der Waals surface area contributed by atoms with Crippen LogP contribution in [0.1, 0.15) is 33.4 Å². The van der Waals surface area contributed by atoms with E-state index in [4.69, 9.17) is 14.2 Å². The zero-order valence-electron chi connectivity index (χ0n) is 20.8. The number of sulfonamides is 1. The number of benzene rings is 1. The SMILES string of the molecule is COc1c(S(=O)(=O)N2CC(CNC(C)=O)Oc3ccc(NC(=O)OC(C)(C)C)cc32)c(C)nn1C. The fraction of sp³-hybridized carbons (Fsp3) is 0.500. The molecule has 0 fully saturated rings. The summed E-state index contributed by atoms with van der Waals surface area (Å²) in [5, 5.41) is 9.46. The van der Waals surface area contributed by atoms with E-state index in [2.05, 4.69) is 15.7 Å². The summed E-state index contributed by atoms with van der Waals surface area (Å²) in [6.45, 7) is 8.15. The van der Waals surface area contributed by atoms with Crippen molar-refractivity contribution in [2.75, 3.05) is 29.8 Å². The molecule has 0 aliphatic carbocycles. The van der Waals surface area contributed by atoms with Gasteiger partial charge < -0.3 is 19.5 Å². The lowest BCUT2D eigenvalue weighted by molar-refractivity contribution is -0.119. The minimum absolute atomic E-state index is 0.0805. The molecule has 2 amide bonds. The van der Waals surface area contributed by atoms with Crippen LogP contribution in [-0.4, -0.2) is 62.1 Å². The zero-order chi connectivity index (χ0) is 26.1. The van der Waals surface area contributed by atoms with Crippen LogP contribution in [0.2, 0.25) is 0 Å². The van der Waals surface area contributed by atoms with E-state index in [-0.39, 0.29) is 46.9 Å². The number of fused-ring (bicyclic) bond motifs is 1. The van der Waals surface area contributed by atoms with Gasteiger partial charge in [-0.1, -0.05) is 0 Å². The number of hydrogen-bond donors (Lipinski definition) is 2. The maximum absolute atomic E-state index is 13.9. The van der Waals surface area contributed by atoms with Gasteiger partial charge in [0.25, 0.3) is 10.0 Å². The third kappa shape index (κ3) is 5.78. The Bertz CT molecular complexity index is 1230. The summed E-state index contributed by atoms with van der Waals surface area (Å²) < 4.78 is 46.9. The summed E-state index contributed by atoms with van der Waals surface area (Å²) in [5.74, 6) is 0.0814. The van der Waals surface area contributed by atoms with E-state index >= 15 is 0 Å². The quantitative estimate of drug-likeness (QED) is 0.604. The summed E-state index contributed by atoms with van der Waals surface area (Å²) in [4.78, 5) is 23.6. The van der Waals surface area contributed by atoms with Gasteiger partial charge >= 0.3 is 6.09 Å². The van der Waals surface area contributed by atoms with Crippen molar-refractivity contribution < 1.29 is 32.2 Å². The number of nitrogens with zero attached hydrogens (tertiary/aromatic N) is 3. The molecule has 0 saturated carbocycles. The highest BCUT2D eigenvalue weighted by atomic mass is 32.2. The van der Waals surface area contributed by atoms with E-state index in [1.54, 1.807) is 46.9 Å². The monoisotopic (exact) mass is 509 g/mol. The highest BCUT2D eigenvalue weighted by molar-refractivity contribution is 7.93. The van der Waals surface area contributed by atoms with Crippen molar-refractivity contribution in [1.82, 2.24) is 15.1 Å². The molecule has 2 N–H and O–H groups in total. The third-order valence-electron chi connectivity index (χ3n) is 4.97. The number of aryl methyl sites for hydroxylation is 2. The van der Waals surface area contributed by atoms with Crippen molar-refractivity contribution in [2.45, 2.75) is 51.2 Å². The lowest BCUT2D eigenvalue weighted by Crippen LogP contribution is -2.48. The molecule has 0 radical (unpaired) electrons. The highest BCUT2D eigenvalue weighted by Crippen LogP contribution is 2.41. The number of amides is 2. The molecule has 0 saturated heterocycles. The summed E-state index contributed by atoms with van der Waals surface area (Å²) in [6, 6.07) is 4.62. The molecule has 13 heteroatoms. The molecule has 35 heavy (non-hydrogen) atoms. The van der Waals surface area contributed by atoms with Crippen molar-refractivity contribution in [3.8, 4) is 11.6 Å². The fourth-order valence-electron chi connectivity index (χ4n) is 3.65. The molecule has 2 heterocycles. The number of nitrogens with one attached hydrogen (secondary N) is 2. The molecule has 0 bridgehead atoms. The van der Waals surface area contributed by atoms with Crippen molar-refractivity contribution in [3.63, 3.8) is 0 Å². The van der Waals surface area contributed by atoms with Gasteiger partial charge in [0.15, 0.2) is 4.90 Å². The molecular formula is C22H31N5O7S. The molecule has 12 nitrogen and oxygen atoms in total. The zero-order valence-corrected chi connectivity index (χ0v) is 21.6. The number of carbonyl (C=O) groups is 2. The second kappa shape index (κ2) is 9.64. The second-order valence-electron chi connectivity index (χ2n) is 9.07. The van der Waals surface area contributed by atoms with E-state index in [0.717, 1.165) is 0 Å². The smallest absolute Gasteiger partial charge is 0.412 e. The summed E-state index contributed by atoms with van der Waals surface area (Å²) >= 11 is 0. The maximum atomic E-state index is 13.9. The first-order valence-electron chi connectivity index (χ1n) is 10.9. The number of aromatic nitrogens is 2. The van der Waals surface area contributed by atoms with Crippen LogP contribution < -0.4 is 24.4 Å². The largest absolute Gasteiger partial charge is 0.484 e. The van der Waals surface area contributed by atoms with Gasteiger partial charge in [0.05, 0.1) is 31.6 Å². The first kappa shape index (κ1) is 26.1. The van der Waals surface area contributed by atoms with Gasteiger partial charge in [-0.15, -0.1) is 0 Å². The average molecular weight is 510 g/mol. The Morgan fingerprint density at radius 3 is 2.57 bits per heavy atom. The Labute approximate surface area is 204 Å². The van der Waals surface area contributed by atoms with Crippen LogP contribution in [0.3, 0.4) is 0 Å². The predicted molar refractivity (Wildman–Crippen MR) is 128 cm³/mol. The summed E-state index contributed by atoms with van der Waals surface area (Å²) in [7, 11) is -1.24. The van der Waals surface area contributed by atoms with Crippen LogP contribution in [-0.2, 0) is 26.6 Å². The van der Waals surface area contributed by atoms with Gasteiger partial charge in [0.1, 0.15) is 17.5 Å². The molecule has 1 atom stereocenters. The van der Waals surface area contributed by atoms with E-state index in [1.165, 1.54) is 29.1 Å². The summed E-state index contributed by atoms with van der Waals surface area (Å²) in [6.07, 6.45) is -1.34. The fourth-order valence-corrected chi connectivity index (χ4v) is 5.49. The number of methoxy groups -OCH3 is 1. The molecule has 1 unspecified atom stereocenters. The average Bonchev–Trinajstić information content (AvgIpc) is 3.03. The molecule has 1 aromatic heterocycles. The Balaban J connectivity index is 2.06. The minimum Gasteiger partial charge on any atom is -0.484 e. The predicted octanol–water partition coefficient (Wildman–Crippen LogP) is 2.18. The Kier molecular flexibility index (Phi) is 7.20. The number of carbonyl (C=O) groups excluding carboxylic acids is 2. The second-order valence-corrected chi connectivity index (χ2v) is 10.9. The van der Waals surface area contributed by atoms with Gasteiger partial charge in [-0.3, -0.25) is 14.4 Å². The number of rotatable bonds is 6. The molecule has 192 valence electrons.